The van der Waals surface area contributed by atoms with E-state index < -0.39 is 0 Å². The maximum absolute atomic E-state index is 5.13. The first-order chi connectivity index (χ1) is 7.54. The van der Waals surface area contributed by atoms with E-state index >= 15 is 0 Å². The van der Waals surface area contributed by atoms with E-state index in [0.29, 0.717) is 12.1 Å². The van der Waals surface area contributed by atoms with Crippen LogP contribution in [-0.4, -0.2) is 24.1 Å². The highest BCUT2D eigenvalue weighted by Gasteiger charge is 2.14. The third-order valence-corrected chi connectivity index (χ3v) is 2.46. The summed E-state index contributed by atoms with van der Waals surface area (Å²) < 4.78 is 5.13. The summed E-state index contributed by atoms with van der Waals surface area (Å²) in [6, 6.07) is 8.89. The topological polar surface area (TPSA) is 12.5 Å². The van der Waals surface area contributed by atoms with Crippen LogP contribution in [0.15, 0.2) is 24.3 Å². The summed E-state index contributed by atoms with van der Waals surface area (Å²) in [7, 11) is 1.68. The molecule has 0 bridgehead atoms. The van der Waals surface area contributed by atoms with Crippen LogP contribution in [0.3, 0.4) is 0 Å². The Balaban J connectivity index is 2.70. The van der Waals surface area contributed by atoms with Gasteiger partial charge in [-0.2, -0.15) is 0 Å². The van der Waals surface area contributed by atoms with Crippen molar-refractivity contribution in [1.82, 2.24) is 4.90 Å². The second-order valence-corrected chi connectivity index (χ2v) is 4.44. The number of hydrogen-bond acceptors (Lipinski definition) is 2. The Labute approximate surface area is 99.2 Å². The zero-order chi connectivity index (χ0) is 12.1. The van der Waals surface area contributed by atoms with Gasteiger partial charge in [-0.1, -0.05) is 12.1 Å². The second-order valence-electron chi connectivity index (χ2n) is 4.44. The van der Waals surface area contributed by atoms with E-state index in [-0.39, 0.29) is 0 Å². The first-order valence-corrected chi connectivity index (χ1v) is 5.73. The van der Waals surface area contributed by atoms with Crippen LogP contribution in [0.2, 0.25) is 0 Å². The van der Waals surface area contributed by atoms with Gasteiger partial charge in [-0.3, -0.25) is 4.90 Å². The van der Waals surface area contributed by atoms with Gasteiger partial charge in [-0.15, -0.1) is 0 Å². The Bertz CT molecular complexity index is 295. The summed E-state index contributed by atoms with van der Waals surface area (Å²) in [5.74, 6) is 0.881. The number of ether oxygens (including phenoxy) is 1. The lowest BCUT2D eigenvalue weighted by Gasteiger charge is -2.29. The normalized spacial score (nSPS) is 11.5. The smallest absolute Gasteiger partial charge is 0.118 e. The van der Waals surface area contributed by atoms with Gasteiger partial charge in [-0.25, -0.2) is 0 Å². The van der Waals surface area contributed by atoms with Gasteiger partial charge in [0.1, 0.15) is 5.75 Å². The minimum absolute atomic E-state index is 0.460. The minimum atomic E-state index is 0.460. The number of nitrogens with zero attached hydrogens (tertiary/aromatic N) is 1. The molecule has 0 saturated carbocycles. The Morgan fingerprint density at radius 1 is 1.00 bits per heavy atom. The molecule has 0 saturated heterocycles. The highest BCUT2D eigenvalue weighted by Crippen LogP contribution is 2.17. The minimum Gasteiger partial charge on any atom is -0.497 e. The fourth-order valence-electron chi connectivity index (χ4n) is 1.67. The van der Waals surface area contributed by atoms with Crippen LogP contribution in [0, 0.1) is 6.54 Å². The van der Waals surface area contributed by atoms with Gasteiger partial charge in [-0.05, 0) is 45.4 Å². The number of rotatable bonds is 5. The first kappa shape index (κ1) is 13.0. The molecule has 0 heterocycles. The maximum atomic E-state index is 5.13. The SMILES string of the molecule is COc1ccc([C]N(C(C)C)C(C)C)cc1. The lowest BCUT2D eigenvalue weighted by atomic mass is 10.1. The van der Waals surface area contributed by atoms with E-state index in [2.05, 4.69) is 39.1 Å². The number of benzene rings is 1. The molecule has 1 aromatic carbocycles. The second kappa shape index (κ2) is 5.90. The molecule has 0 unspecified atom stereocenters. The first-order valence-electron chi connectivity index (χ1n) is 5.73. The third kappa shape index (κ3) is 3.53. The molecule has 2 heteroatoms. The van der Waals surface area contributed by atoms with E-state index in [9.17, 15) is 0 Å². The van der Waals surface area contributed by atoms with Crippen molar-refractivity contribution in [3.63, 3.8) is 0 Å². The van der Waals surface area contributed by atoms with Crippen molar-refractivity contribution in [3.05, 3.63) is 36.4 Å². The lowest BCUT2D eigenvalue weighted by molar-refractivity contribution is 0.231. The molecule has 0 aliphatic heterocycles. The number of methoxy groups -OCH3 is 1. The van der Waals surface area contributed by atoms with Crippen molar-refractivity contribution in [2.75, 3.05) is 7.11 Å². The van der Waals surface area contributed by atoms with Gasteiger partial charge in [0, 0.05) is 12.1 Å². The van der Waals surface area contributed by atoms with Crippen molar-refractivity contribution in [2.24, 2.45) is 0 Å². The molecule has 0 fully saturated rings. The van der Waals surface area contributed by atoms with E-state index in [0.717, 1.165) is 11.3 Å². The fraction of sp³-hybridized carbons (Fsp3) is 0.500. The standard InChI is InChI=1S/C14H21NO/c1-11(2)15(12(3)4)10-13-6-8-14(16-5)9-7-13/h6-9,11-12H,1-5H3. The predicted molar refractivity (Wildman–Crippen MR) is 67.5 cm³/mol. The molecular formula is C14H21NO. The zero-order valence-corrected chi connectivity index (χ0v) is 10.8. The van der Waals surface area contributed by atoms with Crippen LogP contribution in [0.25, 0.3) is 0 Å². The molecule has 0 aliphatic carbocycles. The Hall–Kier alpha value is -1.02. The summed E-state index contributed by atoms with van der Waals surface area (Å²) in [5, 5.41) is 0. The Morgan fingerprint density at radius 3 is 1.88 bits per heavy atom. The van der Waals surface area contributed by atoms with Crippen molar-refractivity contribution in [3.8, 4) is 5.75 Å². The molecule has 2 nitrogen and oxygen atoms in total. The molecule has 0 aliphatic rings. The highest BCUT2D eigenvalue weighted by molar-refractivity contribution is 5.30. The summed E-state index contributed by atoms with van der Waals surface area (Å²) in [6.45, 7) is 12.1. The van der Waals surface area contributed by atoms with Crippen LogP contribution < -0.4 is 4.74 Å². The summed E-state index contributed by atoms with van der Waals surface area (Å²) in [5.41, 5.74) is 1.09. The van der Waals surface area contributed by atoms with Crippen molar-refractivity contribution >= 4 is 0 Å². The van der Waals surface area contributed by atoms with Crippen molar-refractivity contribution in [1.29, 1.82) is 0 Å². The van der Waals surface area contributed by atoms with Crippen LogP contribution >= 0.6 is 0 Å². The fourth-order valence-corrected chi connectivity index (χ4v) is 1.67. The van der Waals surface area contributed by atoms with Crippen molar-refractivity contribution in [2.45, 2.75) is 39.8 Å². The van der Waals surface area contributed by atoms with Crippen LogP contribution in [0.4, 0.5) is 0 Å². The summed E-state index contributed by atoms with van der Waals surface area (Å²) >= 11 is 0. The molecule has 1 aromatic rings. The summed E-state index contributed by atoms with van der Waals surface area (Å²) in [4.78, 5) is 2.22. The molecule has 2 radical (unpaired) electrons. The average molecular weight is 219 g/mol. The predicted octanol–water partition coefficient (Wildman–Crippen LogP) is 3.20. The monoisotopic (exact) mass is 219 g/mol. The van der Waals surface area contributed by atoms with Gasteiger partial charge in [0.2, 0.25) is 0 Å². The molecule has 88 valence electrons. The van der Waals surface area contributed by atoms with Gasteiger partial charge in [0.05, 0.1) is 13.7 Å². The quantitative estimate of drug-likeness (QED) is 0.705. The Morgan fingerprint density at radius 2 is 1.50 bits per heavy atom. The lowest BCUT2D eigenvalue weighted by Crippen LogP contribution is -2.34. The van der Waals surface area contributed by atoms with Crippen LogP contribution in [0.5, 0.6) is 5.75 Å². The maximum Gasteiger partial charge on any atom is 0.118 e. The highest BCUT2D eigenvalue weighted by atomic mass is 16.5. The van der Waals surface area contributed by atoms with Crippen LogP contribution in [0.1, 0.15) is 33.3 Å². The molecule has 0 N–H and O–H groups in total. The van der Waals surface area contributed by atoms with Gasteiger partial charge in [0.25, 0.3) is 0 Å². The zero-order valence-electron chi connectivity index (χ0n) is 10.8. The van der Waals surface area contributed by atoms with E-state index in [1.165, 1.54) is 0 Å². The van der Waals surface area contributed by atoms with Crippen molar-refractivity contribution < 1.29 is 4.74 Å². The third-order valence-electron chi connectivity index (χ3n) is 2.46. The molecule has 0 atom stereocenters. The Kier molecular flexibility index (Phi) is 4.81. The molecule has 0 spiro atoms. The van der Waals surface area contributed by atoms with Crippen LogP contribution in [-0.2, 0) is 0 Å². The molecule has 0 aromatic heterocycles. The molecule has 1 rings (SSSR count). The summed E-state index contributed by atoms with van der Waals surface area (Å²) in [6.07, 6.45) is 0. The van der Waals surface area contributed by atoms with Gasteiger partial charge >= 0.3 is 0 Å². The average Bonchev–Trinajstić information content (AvgIpc) is 2.25. The molecular weight excluding hydrogens is 198 g/mol. The van der Waals surface area contributed by atoms with E-state index in [4.69, 9.17) is 4.74 Å². The largest absolute Gasteiger partial charge is 0.497 e. The van der Waals surface area contributed by atoms with Gasteiger partial charge in [0.15, 0.2) is 0 Å². The number of hydrogen-bond donors (Lipinski definition) is 0. The molecule has 16 heavy (non-hydrogen) atoms. The van der Waals surface area contributed by atoms with E-state index in [1.807, 2.05) is 24.3 Å². The van der Waals surface area contributed by atoms with Gasteiger partial charge < -0.3 is 4.74 Å². The molecule has 0 amide bonds. The van der Waals surface area contributed by atoms with E-state index in [1.54, 1.807) is 7.11 Å².